The maximum atomic E-state index is 12.9. The number of rotatable bonds is 8. The summed E-state index contributed by atoms with van der Waals surface area (Å²) in [5.74, 6) is -1.09. The second-order valence-electron chi connectivity index (χ2n) is 7.87. The van der Waals surface area contributed by atoms with E-state index in [2.05, 4.69) is 6.58 Å². The predicted molar refractivity (Wildman–Crippen MR) is 114 cm³/mol. The van der Waals surface area contributed by atoms with Gasteiger partial charge in [0.05, 0.1) is 19.3 Å². The van der Waals surface area contributed by atoms with Crippen molar-refractivity contribution in [2.24, 2.45) is 5.41 Å². The fourth-order valence-electron chi connectivity index (χ4n) is 4.41. The molecule has 0 radical (unpaired) electrons. The van der Waals surface area contributed by atoms with Crippen LogP contribution in [0.25, 0.3) is 0 Å². The third-order valence-electron chi connectivity index (χ3n) is 5.77. The van der Waals surface area contributed by atoms with Crippen LogP contribution in [0.1, 0.15) is 65.7 Å². The highest BCUT2D eigenvalue weighted by atomic mass is 16.6. The second-order valence-corrected chi connectivity index (χ2v) is 7.87. The van der Waals surface area contributed by atoms with Gasteiger partial charge in [-0.05, 0) is 74.3 Å². The summed E-state index contributed by atoms with van der Waals surface area (Å²) in [4.78, 5) is 38.1. The largest absolute Gasteiger partial charge is 0.465 e. The lowest BCUT2D eigenvalue weighted by Gasteiger charge is -2.29. The van der Waals surface area contributed by atoms with Crippen LogP contribution in [0.3, 0.4) is 0 Å². The van der Waals surface area contributed by atoms with Crippen LogP contribution in [0.5, 0.6) is 0 Å². The van der Waals surface area contributed by atoms with Crippen LogP contribution < -0.4 is 0 Å². The van der Waals surface area contributed by atoms with E-state index in [4.69, 9.17) is 14.2 Å². The number of ether oxygens (including phenoxy) is 3. The lowest BCUT2D eigenvalue weighted by molar-refractivity contribution is -0.171. The molecular formula is C24H34O6. The van der Waals surface area contributed by atoms with Gasteiger partial charge in [0.15, 0.2) is 11.2 Å². The molecule has 2 aliphatic carbocycles. The van der Waals surface area contributed by atoms with E-state index in [0.717, 1.165) is 42.4 Å². The van der Waals surface area contributed by atoms with Crippen LogP contribution in [0.2, 0.25) is 0 Å². The van der Waals surface area contributed by atoms with Gasteiger partial charge in [0.25, 0.3) is 0 Å². The molecule has 0 spiro atoms. The van der Waals surface area contributed by atoms with Crippen molar-refractivity contribution in [2.75, 3.05) is 20.3 Å². The number of methoxy groups -OCH3 is 1. The number of hydrogen-bond acceptors (Lipinski definition) is 6. The summed E-state index contributed by atoms with van der Waals surface area (Å²) in [5.41, 5.74) is 1.90. The Bertz CT molecular complexity index is 740. The zero-order chi connectivity index (χ0) is 22.3. The van der Waals surface area contributed by atoms with Crippen molar-refractivity contribution in [3.63, 3.8) is 0 Å². The topological polar surface area (TPSA) is 78.9 Å². The van der Waals surface area contributed by atoms with Crippen LogP contribution in [0, 0.1) is 5.41 Å². The van der Waals surface area contributed by atoms with Gasteiger partial charge in [-0.3, -0.25) is 14.4 Å². The number of hydrogen-bond donors (Lipinski definition) is 0. The molecular weight excluding hydrogens is 384 g/mol. The van der Waals surface area contributed by atoms with Crippen molar-refractivity contribution in [1.82, 2.24) is 0 Å². The van der Waals surface area contributed by atoms with Crippen LogP contribution in [-0.2, 0) is 28.6 Å². The molecule has 0 saturated heterocycles. The van der Waals surface area contributed by atoms with E-state index >= 15 is 0 Å². The molecule has 1 unspecified atom stereocenters. The van der Waals surface area contributed by atoms with Gasteiger partial charge < -0.3 is 14.2 Å². The maximum absolute atomic E-state index is 12.9. The third kappa shape index (κ3) is 4.91. The average Bonchev–Trinajstić information content (AvgIpc) is 3.06. The van der Waals surface area contributed by atoms with Gasteiger partial charge in [-0.15, -0.1) is 0 Å². The molecule has 6 heteroatoms. The first-order valence-corrected chi connectivity index (χ1v) is 10.9. The molecule has 0 aromatic rings. The van der Waals surface area contributed by atoms with Crippen LogP contribution in [0.15, 0.2) is 34.9 Å². The highest BCUT2D eigenvalue weighted by Gasteiger charge is 2.54. The van der Waals surface area contributed by atoms with Gasteiger partial charge in [0, 0.05) is 20.0 Å². The maximum Gasteiger partial charge on any atom is 0.324 e. The molecule has 2 rings (SSSR count). The van der Waals surface area contributed by atoms with Gasteiger partial charge in [0.2, 0.25) is 0 Å². The summed E-state index contributed by atoms with van der Waals surface area (Å²) in [6.07, 6.45) is 5.55. The highest BCUT2D eigenvalue weighted by Crippen LogP contribution is 2.50. The van der Waals surface area contributed by atoms with E-state index in [1.807, 2.05) is 6.92 Å². The summed E-state index contributed by atoms with van der Waals surface area (Å²) < 4.78 is 16.2. The summed E-state index contributed by atoms with van der Waals surface area (Å²) in [6.45, 7) is 9.91. The van der Waals surface area contributed by atoms with Crippen molar-refractivity contribution in [1.29, 1.82) is 0 Å². The molecule has 166 valence electrons. The molecule has 2 fully saturated rings. The molecule has 0 heterocycles. The number of ketones is 1. The Hall–Kier alpha value is -2.21. The Balaban J connectivity index is 2.57. The number of carbonyl (C=O) groups excluding carboxylic acids is 3. The molecule has 0 aromatic heterocycles. The monoisotopic (exact) mass is 418 g/mol. The quantitative estimate of drug-likeness (QED) is 0.333. The normalized spacial score (nSPS) is 24.7. The summed E-state index contributed by atoms with van der Waals surface area (Å²) in [7, 11) is 1.64. The van der Waals surface area contributed by atoms with Gasteiger partial charge >= 0.3 is 11.9 Å². The summed E-state index contributed by atoms with van der Waals surface area (Å²) >= 11 is 0. The SMILES string of the molecule is C=C1CC(C(=O)OCC)(C(=O)OCC)C/C1=C1/C(=C/C(=O)CCC)CCCC1OC. The molecule has 1 atom stereocenters. The molecule has 0 bridgehead atoms. The standard InChI is InChI=1S/C24H34O6/c1-6-10-18(25)13-17-11-9-12-20(28-5)21(17)19-15-24(14-16(19)4,22(26)29-7-2)23(27)30-8-3/h13,20H,4,6-12,14-15H2,1-3,5H3/b17-13+,21-19+. The van der Waals surface area contributed by atoms with Gasteiger partial charge in [-0.2, -0.15) is 0 Å². The van der Waals surface area contributed by atoms with Gasteiger partial charge in [-0.25, -0.2) is 0 Å². The number of allylic oxidation sites excluding steroid dienone is 3. The second kappa shape index (κ2) is 10.7. The van der Waals surface area contributed by atoms with Crippen LogP contribution in [-0.4, -0.2) is 44.1 Å². The van der Waals surface area contributed by atoms with Crippen molar-refractivity contribution < 1.29 is 28.6 Å². The zero-order valence-electron chi connectivity index (χ0n) is 18.7. The Labute approximate surface area is 179 Å². The van der Waals surface area contributed by atoms with Crippen LogP contribution >= 0.6 is 0 Å². The Morgan fingerprint density at radius 2 is 1.73 bits per heavy atom. The minimum Gasteiger partial charge on any atom is -0.465 e. The van der Waals surface area contributed by atoms with Crippen molar-refractivity contribution in [3.05, 3.63) is 34.9 Å². The van der Waals surface area contributed by atoms with E-state index in [1.165, 1.54) is 0 Å². The van der Waals surface area contributed by atoms with E-state index in [0.29, 0.717) is 12.0 Å². The smallest absolute Gasteiger partial charge is 0.324 e. The molecule has 30 heavy (non-hydrogen) atoms. The number of esters is 2. The Kier molecular flexibility index (Phi) is 8.59. The number of carbonyl (C=O) groups is 3. The highest BCUT2D eigenvalue weighted by molar-refractivity contribution is 6.02. The lowest BCUT2D eigenvalue weighted by atomic mass is 9.80. The van der Waals surface area contributed by atoms with Crippen molar-refractivity contribution >= 4 is 17.7 Å². The molecule has 2 saturated carbocycles. The lowest BCUT2D eigenvalue weighted by Crippen LogP contribution is -2.40. The molecule has 6 nitrogen and oxygen atoms in total. The first-order chi connectivity index (χ1) is 14.3. The molecule has 0 aromatic carbocycles. The molecule has 0 N–H and O–H groups in total. The van der Waals surface area contributed by atoms with Crippen molar-refractivity contribution in [3.8, 4) is 0 Å². The molecule has 2 aliphatic rings. The minimum atomic E-state index is -1.43. The Morgan fingerprint density at radius 3 is 2.27 bits per heavy atom. The fourth-order valence-corrected chi connectivity index (χ4v) is 4.41. The van der Waals surface area contributed by atoms with Crippen molar-refractivity contribution in [2.45, 2.75) is 71.8 Å². The summed E-state index contributed by atoms with van der Waals surface area (Å²) in [5, 5.41) is 0. The average molecular weight is 419 g/mol. The van der Waals surface area contributed by atoms with E-state index < -0.39 is 17.4 Å². The predicted octanol–water partition coefficient (Wildman–Crippen LogP) is 4.24. The van der Waals surface area contributed by atoms with Crippen LogP contribution in [0.4, 0.5) is 0 Å². The first-order valence-electron chi connectivity index (χ1n) is 10.9. The van der Waals surface area contributed by atoms with E-state index in [-0.39, 0.29) is 37.9 Å². The van der Waals surface area contributed by atoms with Gasteiger partial charge in [0.1, 0.15) is 0 Å². The van der Waals surface area contributed by atoms with E-state index in [1.54, 1.807) is 27.0 Å². The minimum absolute atomic E-state index is 0.0769. The molecule has 0 amide bonds. The van der Waals surface area contributed by atoms with Gasteiger partial charge in [-0.1, -0.05) is 13.5 Å². The van der Waals surface area contributed by atoms with E-state index in [9.17, 15) is 14.4 Å². The fraction of sp³-hybridized carbons (Fsp3) is 0.625. The summed E-state index contributed by atoms with van der Waals surface area (Å²) in [6, 6.07) is 0. The Morgan fingerprint density at radius 1 is 1.10 bits per heavy atom. The zero-order valence-corrected chi connectivity index (χ0v) is 18.7. The first kappa shape index (κ1) is 24.1. The molecule has 0 aliphatic heterocycles. The third-order valence-corrected chi connectivity index (χ3v) is 5.77.